The second kappa shape index (κ2) is 7.34. The number of ether oxygens (including phenoxy) is 1. The van der Waals surface area contributed by atoms with Crippen LogP contribution < -0.4 is 4.74 Å². The molecule has 2 aliphatic carbocycles. The van der Waals surface area contributed by atoms with Crippen LogP contribution in [0.25, 0.3) is 0 Å². The van der Waals surface area contributed by atoms with Gasteiger partial charge in [0.25, 0.3) is 5.91 Å². The van der Waals surface area contributed by atoms with E-state index < -0.39 is 0 Å². The quantitative estimate of drug-likeness (QED) is 0.756. The maximum atomic E-state index is 13.2. The molecule has 4 aliphatic rings. The maximum absolute atomic E-state index is 13.2. The van der Waals surface area contributed by atoms with Crippen LogP contribution in [0.2, 0.25) is 0 Å². The van der Waals surface area contributed by atoms with Crippen LogP contribution in [0.3, 0.4) is 0 Å². The third-order valence-electron chi connectivity index (χ3n) is 7.02. The van der Waals surface area contributed by atoms with Crippen LogP contribution >= 0.6 is 0 Å². The first kappa shape index (κ1) is 18.3. The Morgan fingerprint density at radius 3 is 2.60 bits per heavy atom. The molecule has 30 heavy (non-hydrogen) atoms. The summed E-state index contributed by atoms with van der Waals surface area (Å²) in [5.74, 6) is 1.98. The normalized spacial score (nSPS) is 26.5. The summed E-state index contributed by atoms with van der Waals surface area (Å²) in [5, 5.41) is 0. The number of hydrogen-bond acceptors (Lipinski definition) is 5. The Morgan fingerprint density at radius 1 is 0.967 bits per heavy atom. The van der Waals surface area contributed by atoms with Crippen molar-refractivity contribution in [2.45, 2.75) is 69.1 Å². The Hall–Kier alpha value is -2.47. The van der Waals surface area contributed by atoms with Crippen LogP contribution in [0, 0.1) is 0 Å². The van der Waals surface area contributed by atoms with E-state index in [1.54, 1.807) is 6.20 Å². The lowest BCUT2D eigenvalue weighted by Gasteiger charge is -2.40. The summed E-state index contributed by atoms with van der Waals surface area (Å²) < 4.78 is 6.21. The molecule has 6 heteroatoms. The first-order valence-electron chi connectivity index (χ1n) is 11.4. The smallest absolute Gasteiger partial charge is 0.254 e. The number of carbonyl (C=O) groups is 1. The number of nitrogens with zero attached hydrogens (tertiary/aromatic N) is 4. The van der Waals surface area contributed by atoms with E-state index >= 15 is 0 Å². The van der Waals surface area contributed by atoms with Gasteiger partial charge >= 0.3 is 0 Å². The molecule has 156 valence electrons. The molecule has 6 rings (SSSR count). The number of benzene rings is 1. The van der Waals surface area contributed by atoms with Gasteiger partial charge in [0.05, 0.1) is 24.8 Å². The van der Waals surface area contributed by atoms with Gasteiger partial charge in [0, 0.05) is 24.1 Å². The minimum absolute atomic E-state index is 0.0375. The molecule has 4 fully saturated rings. The van der Waals surface area contributed by atoms with Gasteiger partial charge in [-0.15, -0.1) is 0 Å². The molecule has 0 radical (unpaired) electrons. The minimum atomic E-state index is -0.0375. The molecular formula is C24H28N4O2. The van der Waals surface area contributed by atoms with Crippen molar-refractivity contribution in [1.82, 2.24) is 19.8 Å². The SMILES string of the molecule is O=C(c1cccc(C2CC2)c1)N1CC[C@@H]2CC[C@H](Oc3cnc(C4CC4)cn3)N2C1. The standard InChI is InChI=1S/C24H28N4O2/c29-24(19-3-1-2-18(12-19)16-4-5-16)27-11-10-20-8-9-23(28(20)15-27)30-22-14-25-21(13-26-22)17-6-7-17/h1-3,12-14,16-17,20,23H,4-11,15H2/t20-,23-/m0/s1. The van der Waals surface area contributed by atoms with Gasteiger partial charge in [0.2, 0.25) is 5.88 Å². The van der Waals surface area contributed by atoms with Crippen LogP contribution in [-0.4, -0.2) is 51.2 Å². The van der Waals surface area contributed by atoms with E-state index in [0.29, 0.717) is 30.4 Å². The summed E-state index contributed by atoms with van der Waals surface area (Å²) >= 11 is 0. The number of fused-ring (bicyclic) bond motifs is 1. The van der Waals surface area contributed by atoms with E-state index in [-0.39, 0.29) is 12.1 Å². The highest BCUT2D eigenvalue weighted by molar-refractivity contribution is 5.94. The average molecular weight is 405 g/mol. The first-order valence-corrected chi connectivity index (χ1v) is 11.4. The molecule has 2 saturated carbocycles. The van der Waals surface area contributed by atoms with Gasteiger partial charge in [0.1, 0.15) is 0 Å². The van der Waals surface area contributed by atoms with Crippen LogP contribution in [0.4, 0.5) is 0 Å². The Morgan fingerprint density at radius 2 is 1.83 bits per heavy atom. The predicted molar refractivity (Wildman–Crippen MR) is 112 cm³/mol. The van der Waals surface area contributed by atoms with Gasteiger partial charge in [-0.2, -0.15) is 0 Å². The summed E-state index contributed by atoms with van der Waals surface area (Å²) in [4.78, 5) is 26.5. The third-order valence-corrected chi connectivity index (χ3v) is 7.02. The van der Waals surface area contributed by atoms with Crippen LogP contribution in [0.1, 0.15) is 78.4 Å². The molecule has 1 amide bonds. The third kappa shape index (κ3) is 3.58. The van der Waals surface area contributed by atoms with E-state index in [0.717, 1.165) is 37.1 Å². The van der Waals surface area contributed by atoms with E-state index in [2.05, 4.69) is 27.0 Å². The fourth-order valence-electron chi connectivity index (χ4n) is 4.92. The number of amides is 1. The second-order valence-corrected chi connectivity index (χ2v) is 9.27. The zero-order chi connectivity index (χ0) is 20.1. The summed E-state index contributed by atoms with van der Waals surface area (Å²) in [6, 6.07) is 8.71. The van der Waals surface area contributed by atoms with Gasteiger partial charge in [-0.25, -0.2) is 9.88 Å². The molecule has 1 aromatic heterocycles. The lowest BCUT2D eigenvalue weighted by Crippen LogP contribution is -2.53. The van der Waals surface area contributed by atoms with Crippen molar-refractivity contribution < 1.29 is 9.53 Å². The summed E-state index contributed by atoms with van der Waals surface area (Å²) in [6.45, 7) is 1.44. The molecule has 0 bridgehead atoms. The number of hydrogen-bond donors (Lipinski definition) is 0. The maximum Gasteiger partial charge on any atom is 0.254 e. The van der Waals surface area contributed by atoms with E-state index in [4.69, 9.17) is 4.74 Å². The van der Waals surface area contributed by atoms with Crippen molar-refractivity contribution in [3.05, 3.63) is 53.5 Å². The molecule has 3 heterocycles. The zero-order valence-corrected chi connectivity index (χ0v) is 17.2. The Labute approximate surface area is 177 Å². The largest absolute Gasteiger partial charge is 0.457 e. The number of rotatable bonds is 5. The molecule has 2 aliphatic heterocycles. The van der Waals surface area contributed by atoms with Gasteiger partial charge < -0.3 is 9.64 Å². The molecule has 6 nitrogen and oxygen atoms in total. The number of aromatic nitrogens is 2. The van der Waals surface area contributed by atoms with Crippen molar-refractivity contribution >= 4 is 5.91 Å². The van der Waals surface area contributed by atoms with Crippen LogP contribution in [-0.2, 0) is 0 Å². The topological polar surface area (TPSA) is 58.6 Å². The van der Waals surface area contributed by atoms with E-state index in [9.17, 15) is 4.79 Å². The van der Waals surface area contributed by atoms with E-state index in [1.807, 2.05) is 23.2 Å². The predicted octanol–water partition coefficient (Wildman–Crippen LogP) is 3.90. The van der Waals surface area contributed by atoms with Gasteiger partial charge in [0.15, 0.2) is 6.23 Å². The van der Waals surface area contributed by atoms with Crippen molar-refractivity contribution in [3.63, 3.8) is 0 Å². The zero-order valence-electron chi connectivity index (χ0n) is 17.2. The second-order valence-electron chi connectivity index (χ2n) is 9.27. The van der Waals surface area contributed by atoms with E-state index in [1.165, 1.54) is 31.2 Å². The highest BCUT2D eigenvalue weighted by Crippen LogP contribution is 2.40. The van der Waals surface area contributed by atoms with Gasteiger partial charge in [-0.3, -0.25) is 9.78 Å². The molecule has 0 unspecified atom stereocenters. The molecule has 0 spiro atoms. The van der Waals surface area contributed by atoms with Gasteiger partial charge in [-0.05, 0) is 68.6 Å². The first-order chi connectivity index (χ1) is 14.7. The summed E-state index contributed by atoms with van der Waals surface area (Å²) in [5.41, 5.74) is 3.21. The Balaban J connectivity index is 1.13. The van der Waals surface area contributed by atoms with Crippen LogP contribution in [0.5, 0.6) is 5.88 Å². The highest BCUT2D eigenvalue weighted by atomic mass is 16.5. The Kier molecular flexibility index (Phi) is 4.48. The summed E-state index contributed by atoms with van der Waals surface area (Å²) in [6.07, 6.45) is 11.6. The summed E-state index contributed by atoms with van der Waals surface area (Å²) in [7, 11) is 0. The molecule has 1 aromatic carbocycles. The molecule has 2 aromatic rings. The van der Waals surface area contributed by atoms with Crippen LogP contribution in [0.15, 0.2) is 36.7 Å². The van der Waals surface area contributed by atoms with Crippen molar-refractivity contribution in [2.75, 3.05) is 13.2 Å². The van der Waals surface area contributed by atoms with Crippen molar-refractivity contribution in [3.8, 4) is 5.88 Å². The molecular weight excluding hydrogens is 376 g/mol. The molecule has 0 N–H and O–H groups in total. The lowest BCUT2D eigenvalue weighted by atomic mass is 10.0. The van der Waals surface area contributed by atoms with Gasteiger partial charge in [-0.1, -0.05) is 12.1 Å². The lowest BCUT2D eigenvalue weighted by molar-refractivity contribution is -0.0265. The highest BCUT2D eigenvalue weighted by Gasteiger charge is 2.40. The minimum Gasteiger partial charge on any atom is -0.457 e. The average Bonchev–Trinajstić information content (AvgIpc) is 3.71. The Bertz CT molecular complexity index is 938. The fourth-order valence-corrected chi connectivity index (χ4v) is 4.92. The monoisotopic (exact) mass is 404 g/mol. The molecule has 2 saturated heterocycles. The van der Waals surface area contributed by atoms with Crippen molar-refractivity contribution in [1.29, 1.82) is 0 Å². The van der Waals surface area contributed by atoms with Crippen molar-refractivity contribution in [2.24, 2.45) is 0 Å². The fraction of sp³-hybridized carbons (Fsp3) is 0.542. The number of carbonyl (C=O) groups excluding carboxylic acids is 1. The molecule has 2 atom stereocenters.